The van der Waals surface area contributed by atoms with Crippen LogP contribution >= 0.6 is 23.4 Å². The van der Waals surface area contributed by atoms with Crippen molar-refractivity contribution in [1.29, 1.82) is 0 Å². The first-order chi connectivity index (χ1) is 13.0. The molecule has 7 heteroatoms. The van der Waals surface area contributed by atoms with Crippen LogP contribution in [0.5, 0.6) is 0 Å². The van der Waals surface area contributed by atoms with Gasteiger partial charge in [0.2, 0.25) is 17.7 Å². The van der Waals surface area contributed by atoms with Crippen molar-refractivity contribution >= 4 is 52.5 Å². The smallest absolute Gasteiger partial charge is 0.247 e. The monoisotopic (exact) mass is 402 g/mol. The zero-order valence-electron chi connectivity index (χ0n) is 14.8. The predicted molar refractivity (Wildman–Crippen MR) is 109 cm³/mol. The van der Waals surface area contributed by atoms with Crippen molar-refractivity contribution in [3.8, 4) is 0 Å². The molecule has 3 amide bonds. The van der Waals surface area contributed by atoms with E-state index < -0.39 is 5.25 Å². The zero-order valence-corrected chi connectivity index (χ0v) is 16.3. The summed E-state index contributed by atoms with van der Waals surface area (Å²) in [6.45, 7) is 1.98. The molecule has 27 heavy (non-hydrogen) atoms. The van der Waals surface area contributed by atoms with Gasteiger partial charge in [-0.1, -0.05) is 36.7 Å². The molecule has 0 saturated carbocycles. The van der Waals surface area contributed by atoms with Crippen molar-refractivity contribution in [1.82, 2.24) is 0 Å². The fourth-order valence-electron chi connectivity index (χ4n) is 2.92. The van der Waals surface area contributed by atoms with Crippen LogP contribution in [0.25, 0.3) is 0 Å². The number of carbonyl (C=O) groups excluding carboxylic acids is 3. The fourth-order valence-corrected chi connectivity index (χ4v) is 3.98. The van der Waals surface area contributed by atoms with Gasteiger partial charge in [-0.15, -0.1) is 11.8 Å². The van der Waals surface area contributed by atoms with E-state index in [-0.39, 0.29) is 29.9 Å². The molecule has 1 aliphatic heterocycles. The van der Waals surface area contributed by atoms with Gasteiger partial charge >= 0.3 is 0 Å². The number of hydrogen-bond donors (Lipinski definition) is 1. The van der Waals surface area contributed by atoms with Crippen LogP contribution in [-0.2, 0) is 20.8 Å². The largest absolute Gasteiger partial charge is 0.325 e. The van der Waals surface area contributed by atoms with Gasteiger partial charge in [-0.25, -0.2) is 4.90 Å². The quantitative estimate of drug-likeness (QED) is 0.744. The Bertz CT molecular complexity index is 870. The van der Waals surface area contributed by atoms with Crippen LogP contribution < -0.4 is 10.2 Å². The van der Waals surface area contributed by atoms with Gasteiger partial charge in [0.25, 0.3) is 0 Å². The second kappa shape index (κ2) is 8.59. The molecule has 0 bridgehead atoms. The van der Waals surface area contributed by atoms with E-state index in [0.717, 1.165) is 12.0 Å². The van der Waals surface area contributed by atoms with Gasteiger partial charge < -0.3 is 5.32 Å². The third-order valence-electron chi connectivity index (χ3n) is 4.26. The number of hydrogen-bond acceptors (Lipinski definition) is 4. The lowest BCUT2D eigenvalue weighted by Crippen LogP contribution is -2.32. The van der Waals surface area contributed by atoms with Crippen LogP contribution in [-0.4, -0.2) is 28.7 Å². The van der Waals surface area contributed by atoms with Crippen molar-refractivity contribution in [2.24, 2.45) is 0 Å². The molecule has 3 rings (SSSR count). The number of nitrogens with one attached hydrogen (secondary N) is 1. The summed E-state index contributed by atoms with van der Waals surface area (Å²) in [5, 5.41) is 2.80. The van der Waals surface area contributed by atoms with Crippen molar-refractivity contribution in [3.05, 3.63) is 59.1 Å². The second-order valence-electron chi connectivity index (χ2n) is 6.11. The maximum Gasteiger partial charge on any atom is 0.247 e. The molecule has 2 aromatic rings. The SMILES string of the molecule is CCc1ccccc1N1C(=O)C[C@H](SCC(=O)Nc2ccc(Cl)cc2)C1=O. The van der Waals surface area contributed by atoms with Crippen LogP contribution in [0.2, 0.25) is 5.02 Å². The number of amides is 3. The number of rotatable bonds is 6. The first-order valence-corrected chi connectivity index (χ1v) is 10.0. The lowest BCUT2D eigenvalue weighted by atomic mass is 10.1. The third-order valence-corrected chi connectivity index (χ3v) is 5.71. The van der Waals surface area contributed by atoms with E-state index in [1.54, 1.807) is 30.3 Å². The molecule has 0 spiro atoms. The van der Waals surface area contributed by atoms with E-state index in [1.807, 2.05) is 25.1 Å². The highest BCUT2D eigenvalue weighted by Gasteiger charge is 2.40. The lowest BCUT2D eigenvalue weighted by molar-refractivity contribution is -0.121. The molecule has 2 aromatic carbocycles. The average Bonchev–Trinajstić information content (AvgIpc) is 2.95. The Hall–Kier alpha value is -2.31. The summed E-state index contributed by atoms with van der Waals surface area (Å²) in [7, 11) is 0. The highest BCUT2D eigenvalue weighted by atomic mass is 35.5. The molecular formula is C20H19ClN2O3S. The van der Waals surface area contributed by atoms with Gasteiger partial charge in [-0.3, -0.25) is 14.4 Å². The first-order valence-electron chi connectivity index (χ1n) is 8.61. The summed E-state index contributed by atoms with van der Waals surface area (Å²) >= 11 is 7.01. The minimum atomic E-state index is -0.543. The van der Waals surface area contributed by atoms with Gasteiger partial charge in [0.05, 0.1) is 16.7 Å². The van der Waals surface area contributed by atoms with Crippen LogP contribution in [0.4, 0.5) is 11.4 Å². The maximum absolute atomic E-state index is 12.7. The van der Waals surface area contributed by atoms with Crippen LogP contribution in [0.1, 0.15) is 18.9 Å². The Kier molecular flexibility index (Phi) is 6.19. The first kappa shape index (κ1) is 19.5. The lowest BCUT2D eigenvalue weighted by Gasteiger charge is -2.18. The Morgan fingerprint density at radius 2 is 1.89 bits per heavy atom. The average molecular weight is 403 g/mol. The number of para-hydroxylation sites is 1. The molecule has 1 saturated heterocycles. The molecule has 1 fully saturated rings. The molecule has 5 nitrogen and oxygen atoms in total. The summed E-state index contributed by atoms with van der Waals surface area (Å²) in [5.41, 5.74) is 2.23. The molecule has 1 N–H and O–H groups in total. The molecule has 1 heterocycles. The molecule has 140 valence electrons. The standard InChI is InChI=1S/C20H19ClN2O3S/c1-2-13-5-3-4-6-16(13)23-19(25)11-17(20(23)26)27-12-18(24)22-15-9-7-14(21)8-10-15/h3-10,17H,2,11-12H2,1H3,(H,22,24)/t17-/m0/s1. The third kappa shape index (κ3) is 4.51. The second-order valence-corrected chi connectivity index (χ2v) is 7.74. The van der Waals surface area contributed by atoms with E-state index >= 15 is 0 Å². The fraction of sp³-hybridized carbons (Fsp3) is 0.250. The van der Waals surface area contributed by atoms with E-state index in [1.165, 1.54) is 16.7 Å². The highest BCUT2D eigenvalue weighted by molar-refractivity contribution is 8.01. The van der Waals surface area contributed by atoms with E-state index in [0.29, 0.717) is 16.4 Å². The van der Waals surface area contributed by atoms with Gasteiger partial charge in [0.15, 0.2) is 0 Å². The topological polar surface area (TPSA) is 66.5 Å². The molecule has 0 aliphatic carbocycles. The number of anilines is 2. The summed E-state index contributed by atoms with van der Waals surface area (Å²) in [5.74, 6) is -0.619. The summed E-state index contributed by atoms with van der Waals surface area (Å²) in [6.07, 6.45) is 0.838. The number of nitrogens with zero attached hydrogens (tertiary/aromatic N) is 1. The summed E-state index contributed by atoms with van der Waals surface area (Å²) < 4.78 is 0. The van der Waals surface area contributed by atoms with Crippen molar-refractivity contribution in [2.45, 2.75) is 25.0 Å². The molecule has 0 radical (unpaired) electrons. The number of aryl methyl sites for hydroxylation is 1. The normalized spacial score (nSPS) is 16.7. The molecule has 0 aromatic heterocycles. The van der Waals surface area contributed by atoms with Gasteiger partial charge in [-0.2, -0.15) is 0 Å². The van der Waals surface area contributed by atoms with Gasteiger partial charge in [0.1, 0.15) is 0 Å². The van der Waals surface area contributed by atoms with Crippen LogP contribution in [0, 0.1) is 0 Å². The molecular weight excluding hydrogens is 384 g/mol. The van der Waals surface area contributed by atoms with Crippen LogP contribution in [0.3, 0.4) is 0 Å². The Morgan fingerprint density at radius 3 is 2.59 bits per heavy atom. The molecule has 1 aliphatic rings. The van der Waals surface area contributed by atoms with Gasteiger partial charge in [-0.05, 0) is 42.3 Å². The van der Waals surface area contributed by atoms with Gasteiger partial charge in [0, 0.05) is 17.1 Å². The van der Waals surface area contributed by atoms with Crippen LogP contribution in [0.15, 0.2) is 48.5 Å². The van der Waals surface area contributed by atoms with E-state index in [2.05, 4.69) is 5.32 Å². The molecule has 0 unspecified atom stereocenters. The van der Waals surface area contributed by atoms with E-state index in [9.17, 15) is 14.4 Å². The van der Waals surface area contributed by atoms with E-state index in [4.69, 9.17) is 11.6 Å². The number of carbonyl (C=O) groups is 3. The number of imide groups is 1. The summed E-state index contributed by atoms with van der Waals surface area (Å²) in [4.78, 5) is 38.5. The Balaban J connectivity index is 1.61. The number of halogens is 1. The maximum atomic E-state index is 12.7. The predicted octanol–water partition coefficient (Wildman–Crippen LogP) is 3.91. The van der Waals surface area contributed by atoms with Crippen molar-refractivity contribution < 1.29 is 14.4 Å². The Morgan fingerprint density at radius 1 is 1.19 bits per heavy atom. The molecule has 1 atom stereocenters. The van der Waals surface area contributed by atoms with Crippen molar-refractivity contribution in [3.63, 3.8) is 0 Å². The minimum Gasteiger partial charge on any atom is -0.325 e. The van der Waals surface area contributed by atoms with Crippen molar-refractivity contribution in [2.75, 3.05) is 16.0 Å². The zero-order chi connectivity index (χ0) is 19.4. The Labute approximate surface area is 167 Å². The number of benzene rings is 2. The number of thioether (sulfide) groups is 1. The summed E-state index contributed by atoms with van der Waals surface area (Å²) in [6, 6.07) is 14.2. The highest BCUT2D eigenvalue weighted by Crippen LogP contribution is 2.32. The minimum absolute atomic E-state index is 0.0928.